The first-order valence-corrected chi connectivity index (χ1v) is 8.13. The van der Waals surface area contributed by atoms with Gasteiger partial charge in [0.25, 0.3) is 0 Å². The van der Waals surface area contributed by atoms with Crippen LogP contribution in [0.3, 0.4) is 0 Å². The minimum absolute atomic E-state index is 0.0186. The average molecular weight is 340 g/mol. The van der Waals surface area contributed by atoms with Crippen molar-refractivity contribution in [3.05, 3.63) is 64.1 Å². The largest absolute Gasteiger partial charge is 0.351 e. The summed E-state index contributed by atoms with van der Waals surface area (Å²) in [4.78, 5) is 13.2. The maximum atomic E-state index is 12.1. The first-order valence-electron chi connectivity index (χ1n) is 6.49. The number of benzene rings is 2. The van der Waals surface area contributed by atoms with E-state index in [2.05, 4.69) is 5.32 Å². The van der Waals surface area contributed by atoms with Gasteiger partial charge in [-0.1, -0.05) is 47.5 Å². The number of nitrogens with one attached hydrogen (secondary N) is 1. The number of halogens is 2. The lowest BCUT2D eigenvalue weighted by atomic mass is 10.2. The number of carbonyl (C=O) groups excluding carboxylic acids is 1. The molecule has 1 amide bonds. The number of hydrogen-bond donors (Lipinski definition) is 1. The van der Waals surface area contributed by atoms with Crippen molar-refractivity contribution < 1.29 is 4.79 Å². The Morgan fingerprint density at radius 2 is 1.90 bits per heavy atom. The highest BCUT2D eigenvalue weighted by atomic mass is 35.5. The third kappa shape index (κ3) is 4.95. The normalized spacial score (nSPS) is 12.0. The Kier molecular flexibility index (Phi) is 5.97. The van der Waals surface area contributed by atoms with Crippen LogP contribution in [-0.2, 0) is 11.3 Å². The lowest BCUT2D eigenvalue weighted by Crippen LogP contribution is -2.30. The Balaban J connectivity index is 1.89. The van der Waals surface area contributed by atoms with Crippen LogP contribution in [0.25, 0.3) is 0 Å². The molecule has 2 aromatic rings. The Hall–Kier alpha value is -1.16. The van der Waals surface area contributed by atoms with Gasteiger partial charge < -0.3 is 5.32 Å². The Morgan fingerprint density at radius 3 is 2.57 bits per heavy atom. The lowest BCUT2D eigenvalue weighted by molar-refractivity contribution is -0.120. The second-order valence-electron chi connectivity index (χ2n) is 4.53. The van der Waals surface area contributed by atoms with Crippen molar-refractivity contribution in [2.24, 2.45) is 0 Å². The zero-order valence-electron chi connectivity index (χ0n) is 11.5. The van der Waals surface area contributed by atoms with E-state index in [1.807, 2.05) is 43.3 Å². The molecular formula is C16H15Cl2NOS. The SMILES string of the molecule is C[C@@H](Sc1ccccc1)C(=O)NCc1ccc(Cl)cc1Cl. The Bertz CT molecular complexity index is 619. The summed E-state index contributed by atoms with van der Waals surface area (Å²) in [6.07, 6.45) is 0. The second kappa shape index (κ2) is 7.74. The van der Waals surface area contributed by atoms with Crippen LogP contribution in [0.15, 0.2) is 53.4 Å². The molecule has 2 aromatic carbocycles. The van der Waals surface area contributed by atoms with E-state index in [0.29, 0.717) is 16.6 Å². The molecule has 0 radical (unpaired) electrons. The lowest BCUT2D eigenvalue weighted by Gasteiger charge is -2.12. The van der Waals surface area contributed by atoms with Gasteiger partial charge in [-0.2, -0.15) is 0 Å². The minimum Gasteiger partial charge on any atom is -0.351 e. The molecule has 1 N–H and O–H groups in total. The quantitative estimate of drug-likeness (QED) is 0.793. The van der Waals surface area contributed by atoms with E-state index in [1.54, 1.807) is 12.1 Å². The van der Waals surface area contributed by atoms with Crippen molar-refractivity contribution in [1.29, 1.82) is 0 Å². The molecule has 5 heteroatoms. The fraction of sp³-hybridized carbons (Fsp3) is 0.188. The van der Waals surface area contributed by atoms with E-state index in [-0.39, 0.29) is 11.2 Å². The van der Waals surface area contributed by atoms with Gasteiger partial charge in [-0.15, -0.1) is 11.8 Å². The van der Waals surface area contributed by atoms with Crippen LogP contribution in [0.5, 0.6) is 0 Å². The van der Waals surface area contributed by atoms with Crippen molar-refractivity contribution in [3.63, 3.8) is 0 Å². The fourth-order valence-electron chi connectivity index (χ4n) is 1.75. The maximum Gasteiger partial charge on any atom is 0.233 e. The van der Waals surface area contributed by atoms with Crippen molar-refractivity contribution in [2.45, 2.75) is 23.6 Å². The summed E-state index contributed by atoms with van der Waals surface area (Å²) in [5, 5.41) is 3.87. The summed E-state index contributed by atoms with van der Waals surface area (Å²) in [5.41, 5.74) is 0.853. The van der Waals surface area contributed by atoms with Crippen molar-refractivity contribution in [3.8, 4) is 0 Å². The van der Waals surface area contributed by atoms with Crippen molar-refractivity contribution in [1.82, 2.24) is 5.32 Å². The Morgan fingerprint density at radius 1 is 1.19 bits per heavy atom. The van der Waals surface area contributed by atoms with Gasteiger partial charge in [0.15, 0.2) is 0 Å². The second-order valence-corrected chi connectivity index (χ2v) is 6.78. The number of thioether (sulfide) groups is 1. The Labute approximate surface area is 138 Å². The molecule has 2 rings (SSSR count). The van der Waals surface area contributed by atoms with E-state index in [9.17, 15) is 4.79 Å². The van der Waals surface area contributed by atoms with E-state index in [4.69, 9.17) is 23.2 Å². The van der Waals surface area contributed by atoms with Gasteiger partial charge in [0.05, 0.1) is 5.25 Å². The highest BCUT2D eigenvalue weighted by Crippen LogP contribution is 2.23. The molecule has 0 aliphatic rings. The molecule has 1 atom stereocenters. The number of hydrogen-bond acceptors (Lipinski definition) is 2. The van der Waals surface area contributed by atoms with Crippen molar-refractivity contribution in [2.75, 3.05) is 0 Å². The molecule has 0 saturated carbocycles. The van der Waals surface area contributed by atoms with Gasteiger partial charge in [-0.25, -0.2) is 0 Å². The first kappa shape index (κ1) is 16.2. The van der Waals surface area contributed by atoms with Gasteiger partial charge >= 0.3 is 0 Å². The molecule has 0 aromatic heterocycles. The van der Waals surface area contributed by atoms with Gasteiger partial charge in [-0.3, -0.25) is 4.79 Å². The smallest absolute Gasteiger partial charge is 0.233 e. The summed E-state index contributed by atoms with van der Waals surface area (Å²) in [6.45, 7) is 2.28. The predicted molar refractivity (Wildman–Crippen MR) is 90.1 cm³/mol. The number of amides is 1. The summed E-state index contributed by atoms with van der Waals surface area (Å²) in [5.74, 6) is -0.0186. The van der Waals surface area contributed by atoms with Gasteiger partial charge in [0.1, 0.15) is 0 Å². The molecule has 110 valence electrons. The van der Waals surface area contributed by atoms with Gasteiger partial charge in [0, 0.05) is 21.5 Å². The van der Waals surface area contributed by atoms with Crippen LogP contribution in [-0.4, -0.2) is 11.2 Å². The topological polar surface area (TPSA) is 29.1 Å². The molecule has 0 aliphatic heterocycles. The van der Waals surface area contributed by atoms with E-state index < -0.39 is 0 Å². The molecule has 0 fully saturated rings. The third-order valence-corrected chi connectivity index (χ3v) is 4.59. The molecule has 0 saturated heterocycles. The van der Waals surface area contributed by atoms with Crippen LogP contribution >= 0.6 is 35.0 Å². The molecule has 0 bridgehead atoms. The van der Waals surface area contributed by atoms with Crippen LogP contribution in [0.4, 0.5) is 0 Å². The van der Waals surface area contributed by atoms with Crippen LogP contribution in [0, 0.1) is 0 Å². The molecule has 0 unspecified atom stereocenters. The highest BCUT2D eigenvalue weighted by molar-refractivity contribution is 8.00. The molecular weight excluding hydrogens is 325 g/mol. The summed E-state index contributed by atoms with van der Waals surface area (Å²) >= 11 is 13.5. The molecule has 21 heavy (non-hydrogen) atoms. The van der Waals surface area contributed by atoms with Gasteiger partial charge in [0.2, 0.25) is 5.91 Å². The van der Waals surface area contributed by atoms with E-state index in [0.717, 1.165) is 10.5 Å². The number of carbonyl (C=O) groups is 1. The average Bonchev–Trinajstić information content (AvgIpc) is 2.47. The molecule has 2 nitrogen and oxygen atoms in total. The predicted octanol–water partition coefficient (Wildman–Crippen LogP) is 4.79. The van der Waals surface area contributed by atoms with Crippen LogP contribution < -0.4 is 5.32 Å². The van der Waals surface area contributed by atoms with Crippen molar-refractivity contribution >= 4 is 40.9 Å². The minimum atomic E-state index is -0.168. The summed E-state index contributed by atoms with van der Waals surface area (Å²) in [6, 6.07) is 15.1. The monoisotopic (exact) mass is 339 g/mol. The van der Waals surface area contributed by atoms with E-state index >= 15 is 0 Å². The van der Waals surface area contributed by atoms with E-state index in [1.165, 1.54) is 11.8 Å². The van der Waals surface area contributed by atoms with Crippen LogP contribution in [0.1, 0.15) is 12.5 Å². The fourth-order valence-corrected chi connectivity index (χ4v) is 3.14. The highest BCUT2D eigenvalue weighted by Gasteiger charge is 2.14. The molecule has 0 aliphatic carbocycles. The molecule has 0 spiro atoms. The standard InChI is InChI=1S/C16H15Cl2NOS/c1-11(21-14-5-3-2-4-6-14)16(20)19-10-12-7-8-13(17)9-15(12)18/h2-9,11H,10H2,1H3,(H,19,20)/t11-/m1/s1. The first-order chi connectivity index (χ1) is 10.1. The third-order valence-electron chi connectivity index (χ3n) is 2.89. The number of rotatable bonds is 5. The van der Waals surface area contributed by atoms with Gasteiger partial charge in [-0.05, 0) is 36.8 Å². The van der Waals surface area contributed by atoms with Crippen LogP contribution in [0.2, 0.25) is 10.0 Å². The zero-order valence-corrected chi connectivity index (χ0v) is 13.8. The zero-order chi connectivity index (χ0) is 15.2. The summed E-state index contributed by atoms with van der Waals surface area (Å²) < 4.78 is 0. The maximum absolute atomic E-state index is 12.1. The summed E-state index contributed by atoms with van der Waals surface area (Å²) in [7, 11) is 0. The molecule has 0 heterocycles.